The molecule has 9 heteroatoms. The summed E-state index contributed by atoms with van der Waals surface area (Å²) in [5.41, 5.74) is 0.461. The first-order chi connectivity index (χ1) is 9.40. The zero-order chi connectivity index (χ0) is 14.9. The zero-order valence-electron chi connectivity index (χ0n) is 10.1. The van der Waals surface area contributed by atoms with Crippen LogP contribution in [0.25, 0.3) is 0 Å². The Morgan fingerprint density at radius 3 is 2.85 bits per heavy atom. The monoisotopic (exact) mass is 358 g/mol. The molecule has 1 N–H and O–H groups in total. The van der Waals surface area contributed by atoms with Crippen molar-refractivity contribution >= 4 is 44.9 Å². The van der Waals surface area contributed by atoms with Crippen LogP contribution in [-0.2, 0) is 7.05 Å². The Morgan fingerprint density at radius 2 is 2.25 bits per heavy atom. The normalized spacial score (nSPS) is 10.3. The summed E-state index contributed by atoms with van der Waals surface area (Å²) in [5.74, 6) is -0.684. The van der Waals surface area contributed by atoms with Crippen LogP contribution in [0.1, 0.15) is 10.5 Å². The molecule has 20 heavy (non-hydrogen) atoms. The van der Waals surface area contributed by atoms with Crippen LogP contribution < -0.4 is 5.32 Å². The second kappa shape index (κ2) is 5.59. The summed E-state index contributed by atoms with van der Waals surface area (Å²) in [4.78, 5) is 26.1. The molecule has 0 spiro atoms. The van der Waals surface area contributed by atoms with Gasteiger partial charge in [0.1, 0.15) is 0 Å². The maximum absolute atomic E-state index is 12.1. The molecule has 0 bridgehead atoms. The number of aromatic nitrogens is 2. The number of halogens is 2. The second-order valence-corrected chi connectivity index (χ2v) is 5.11. The van der Waals surface area contributed by atoms with Gasteiger partial charge in [-0.25, -0.2) is 9.55 Å². The molecule has 0 aliphatic carbocycles. The van der Waals surface area contributed by atoms with Crippen molar-refractivity contribution in [3.8, 4) is 0 Å². The highest BCUT2D eigenvalue weighted by Crippen LogP contribution is 2.24. The number of amides is 1. The summed E-state index contributed by atoms with van der Waals surface area (Å²) in [5, 5.41) is 13.4. The molecule has 0 aliphatic heterocycles. The molecule has 1 amide bonds. The van der Waals surface area contributed by atoms with E-state index in [1.807, 2.05) is 0 Å². The van der Waals surface area contributed by atoms with Crippen molar-refractivity contribution in [2.45, 2.75) is 0 Å². The summed E-state index contributed by atoms with van der Waals surface area (Å²) in [7, 11) is 1.44. The Hall–Kier alpha value is -1.93. The van der Waals surface area contributed by atoms with Crippen molar-refractivity contribution in [2.75, 3.05) is 5.32 Å². The predicted octanol–water partition coefficient (Wildman–Crippen LogP) is 3.00. The molecule has 0 fully saturated rings. The molecule has 0 unspecified atom stereocenters. The summed E-state index contributed by atoms with van der Waals surface area (Å²) in [6.45, 7) is 0. The second-order valence-electron chi connectivity index (χ2n) is 3.84. The third-order valence-corrected chi connectivity index (χ3v) is 3.30. The van der Waals surface area contributed by atoms with Crippen molar-refractivity contribution in [3.63, 3.8) is 0 Å². The van der Waals surface area contributed by atoms with Crippen molar-refractivity contribution in [1.29, 1.82) is 0 Å². The van der Waals surface area contributed by atoms with E-state index in [-0.39, 0.29) is 16.7 Å². The molecular weight excluding hydrogens is 352 g/mol. The van der Waals surface area contributed by atoms with Gasteiger partial charge in [-0.15, -0.1) is 0 Å². The number of nitro groups is 1. The van der Waals surface area contributed by atoms with E-state index in [1.165, 1.54) is 29.9 Å². The average molecular weight is 360 g/mol. The van der Waals surface area contributed by atoms with Gasteiger partial charge in [0, 0.05) is 16.7 Å². The highest BCUT2D eigenvalue weighted by atomic mass is 79.9. The van der Waals surface area contributed by atoms with Gasteiger partial charge in [-0.05, 0) is 33.0 Å². The molecule has 2 rings (SSSR count). The van der Waals surface area contributed by atoms with Gasteiger partial charge in [-0.3, -0.25) is 4.79 Å². The van der Waals surface area contributed by atoms with Crippen LogP contribution in [-0.4, -0.2) is 20.4 Å². The third-order valence-electron chi connectivity index (χ3n) is 2.57. The van der Waals surface area contributed by atoms with Gasteiger partial charge in [-0.2, -0.15) is 0 Å². The lowest BCUT2D eigenvalue weighted by molar-refractivity contribution is -0.391. The minimum absolute atomic E-state index is 0.130. The van der Waals surface area contributed by atoms with Crippen LogP contribution in [0.15, 0.2) is 28.9 Å². The number of nitrogens with one attached hydrogen (secondary N) is 1. The minimum Gasteiger partial charge on any atom is -0.358 e. The van der Waals surface area contributed by atoms with Crippen molar-refractivity contribution in [2.24, 2.45) is 7.05 Å². The average Bonchev–Trinajstić information content (AvgIpc) is 2.76. The molecule has 2 aromatic rings. The summed E-state index contributed by atoms with van der Waals surface area (Å²) in [6, 6.07) is 4.22. The summed E-state index contributed by atoms with van der Waals surface area (Å²) >= 11 is 9.07. The highest BCUT2D eigenvalue weighted by molar-refractivity contribution is 9.10. The van der Waals surface area contributed by atoms with E-state index in [0.717, 1.165) is 0 Å². The fraction of sp³-hybridized carbons (Fsp3) is 0.0909. The molecule has 104 valence electrons. The Kier molecular flexibility index (Phi) is 4.05. The van der Waals surface area contributed by atoms with Crippen LogP contribution >= 0.6 is 27.5 Å². The Bertz CT molecular complexity index is 701. The van der Waals surface area contributed by atoms with Gasteiger partial charge >= 0.3 is 5.82 Å². The third kappa shape index (κ3) is 2.81. The van der Waals surface area contributed by atoms with E-state index < -0.39 is 10.8 Å². The van der Waals surface area contributed by atoms with Gasteiger partial charge in [0.15, 0.2) is 10.8 Å². The van der Waals surface area contributed by atoms with Crippen LogP contribution in [0.4, 0.5) is 11.5 Å². The number of pyridine rings is 1. The fourth-order valence-corrected chi connectivity index (χ4v) is 2.09. The standard InChI is InChI=1S/C11H8BrClN4O3/c1-16-8(2-3-9(16)17(19)20)11(18)15-7-4-6(12)5-14-10(7)13/h2-5H,1H3,(H,15,18). The van der Waals surface area contributed by atoms with Crippen LogP contribution in [0.5, 0.6) is 0 Å². The quantitative estimate of drug-likeness (QED) is 0.518. The first kappa shape index (κ1) is 14.5. The molecule has 0 aliphatic rings. The first-order valence-corrected chi connectivity index (χ1v) is 6.49. The summed E-state index contributed by atoms with van der Waals surface area (Å²) < 4.78 is 1.84. The number of carbonyl (C=O) groups excluding carboxylic acids is 1. The zero-order valence-corrected chi connectivity index (χ0v) is 12.5. The number of nitrogens with zero attached hydrogens (tertiary/aromatic N) is 3. The Balaban J connectivity index is 2.29. The highest BCUT2D eigenvalue weighted by Gasteiger charge is 2.21. The largest absolute Gasteiger partial charge is 0.358 e. The molecule has 0 saturated carbocycles. The van der Waals surface area contributed by atoms with Crippen molar-refractivity contribution < 1.29 is 9.72 Å². The molecular formula is C11H8BrClN4O3. The topological polar surface area (TPSA) is 90.1 Å². The lowest BCUT2D eigenvalue weighted by atomic mass is 10.3. The molecule has 0 saturated heterocycles. The number of anilines is 1. The van der Waals surface area contributed by atoms with E-state index in [2.05, 4.69) is 26.2 Å². The van der Waals surface area contributed by atoms with Crippen LogP contribution in [0, 0.1) is 10.1 Å². The molecule has 7 nitrogen and oxygen atoms in total. The fourth-order valence-electron chi connectivity index (χ4n) is 1.61. The van der Waals surface area contributed by atoms with Gasteiger partial charge in [0.2, 0.25) is 0 Å². The van der Waals surface area contributed by atoms with E-state index in [1.54, 1.807) is 6.07 Å². The smallest absolute Gasteiger partial charge is 0.323 e. The van der Waals surface area contributed by atoms with E-state index in [9.17, 15) is 14.9 Å². The molecule has 0 aromatic carbocycles. The molecule has 0 atom stereocenters. The van der Waals surface area contributed by atoms with Gasteiger partial charge in [-0.1, -0.05) is 11.6 Å². The molecule has 2 aromatic heterocycles. The number of rotatable bonds is 3. The van der Waals surface area contributed by atoms with Gasteiger partial charge in [0.05, 0.1) is 12.7 Å². The first-order valence-electron chi connectivity index (χ1n) is 5.32. The predicted molar refractivity (Wildman–Crippen MR) is 77.0 cm³/mol. The lowest BCUT2D eigenvalue weighted by Crippen LogP contribution is -2.16. The SMILES string of the molecule is Cn1c(C(=O)Nc2cc(Br)cnc2Cl)ccc1[N+](=O)[O-]. The van der Waals surface area contributed by atoms with Gasteiger partial charge in [0.25, 0.3) is 5.91 Å². The van der Waals surface area contributed by atoms with E-state index >= 15 is 0 Å². The number of carbonyl (C=O) groups is 1. The number of hydrogen-bond acceptors (Lipinski definition) is 4. The number of hydrogen-bond donors (Lipinski definition) is 1. The van der Waals surface area contributed by atoms with Crippen molar-refractivity contribution in [1.82, 2.24) is 9.55 Å². The maximum Gasteiger partial charge on any atom is 0.323 e. The van der Waals surface area contributed by atoms with Gasteiger partial charge < -0.3 is 15.4 Å². The molecule has 0 radical (unpaired) electrons. The lowest BCUT2D eigenvalue weighted by Gasteiger charge is -2.06. The Labute approximate surface area is 126 Å². The molecule has 2 heterocycles. The maximum atomic E-state index is 12.1. The summed E-state index contributed by atoms with van der Waals surface area (Å²) in [6.07, 6.45) is 1.49. The van der Waals surface area contributed by atoms with E-state index in [0.29, 0.717) is 10.2 Å². The van der Waals surface area contributed by atoms with E-state index in [4.69, 9.17) is 11.6 Å². The minimum atomic E-state index is -0.565. The van der Waals surface area contributed by atoms with Crippen LogP contribution in [0.2, 0.25) is 5.15 Å². The Morgan fingerprint density at radius 1 is 1.55 bits per heavy atom. The van der Waals surface area contributed by atoms with Crippen LogP contribution in [0.3, 0.4) is 0 Å². The van der Waals surface area contributed by atoms with Crippen molar-refractivity contribution in [3.05, 3.63) is 49.8 Å².